The molecule has 5 heteroatoms. The Morgan fingerprint density at radius 2 is 2.11 bits per heavy atom. The third kappa shape index (κ3) is 2.28. The van der Waals surface area contributed by atoms with Crippen molar-refractivity contribution in [1.82, 2.24) is 14.8 Å². The van der Waals surface area contributed by atoms with Crippen LogP contribution in [0.2, 0.25) is 0 Å². The molecule has 1 aromatic heterocycles. The Balaban J connectivity index is 1.90. The zero-order valence-electron chi connectivity index (χ0n) is 11.4. The van der Waals surface area contributed by atoms with E-state index in [9.17, 15) is 0 Å². The lowest BCUT2D eigenvalue weighted by molar-refractivity contribution is 0.697. The summed E-state index contributed by atoms with van der Waals surface area (Å²) in [5.41, 5.74) is 2.46. The van der Waals surface area contributed by atoms with Crippen molar-refractivity contribution in [2.45, 2.75) is 19.9 Å². The van der Waals surface area contributed by atoms with Crippen molar-refractivity contribution in [2.75, 3.05) is 23.3 Å². The quantitative estimate of drug-likeness (QED) is 0.893. The summed E-state index contributed by atoms with van der Waals surface area (Å²) < 4.78 is 2.06. The Kier molecular flexibility index (Phi) is 3.11. The van der Waals surface area contributed by atoms with Gasteiger partial charge >= 0.3 is 0 Å². The number of aromatic nitrogens is 3. The molecule has 0 unspecified atom stereocenters. The van der Waals surface area contributed by atoms with Crippen LogP contribution in [0.25, 0.3) is 0 Å². The van der Waals surface area contributed by atoms with Crippen LogP contribution in [0.1, 0.15) is 18.1 Å². The summed E-state index contributed by atoms with van der Waals surface area (Å²) in [6.07, 6.45) is 1.13. The second-order valence-corrected chi connectivity index (χ2v) is 4.94. The van der Waals surface area contributed by atoms with Crippen LogP contribution in [-0.4, -0.2) is 27.9 Å². The van der Waals surface area contributed by atoms with Crippen LogP contribution in [0.4, 0.5) is 11.4 Å². The van der Waals surface area contributed by atoms with Crippen LogP contribution in [-0.2, 0) is 13.6 Å². The molecule has 5 nitrogen and oxygen atoms in total. The molecule has 0 amide bonds. The zero-order valence-corrected chi connectivity index (χ0v) is 11.4. The fourth-order valence-corrected chi connectivity index (χ4v) is 2.44. The average molecular weight is 257 g/mol. The minimum absolute atomic E-state index is 0.802. The van der Waals surface area contributed by atoms with Crippen molar-refractivity contribution in [2.24, 2.45) is 7.05 Å². The molecule has 0 saturated carbocycles. The fourth-order valence-electron chi connectivity index (χ4n) is 2.44. The number of nitrogens with one attached hydrogen (secondary N) is 1. The van der Waals surface area contributed by atoms with Crippen molar-refractivity contribution in [3.05, 3.63) is 35.9 Å². The van der Waals surface area contributed by atoms with Gasteiger partial charge in [0.05, 0.1) is 17.9 Å². The lowest BCUT2D eigenvalue weighted by Gasteiger charge is -2.23. The smallest absolute Gasteiger partial charge is 0.152 e. The summed E-state index contributed by atoms with van der Waals surface area (Å²) in [4.78, 5) is 2.37. The lowest BCUT2D eigenvalue weighted by atomic mass is 10.2. The number of nitrogens with zero attached hydrogens (tertiary/aromatic N) is 4. The first kappa shape index (κ1) is 12.0. The van der Waals surface area contributed by atoms with E-state index in [1.165, 1.54) is 11.4 Å². The van der Waals surface area contributed by atoms with Gasteiger partial charge in [-0.05, 0) is 25.5 Å². The minimum Gasteiger partial charge on any atom is -0.383 e. The Morgan fingerprint density at radius 1 is 1.26 bits per heavy atom. The van der Waals surface area contributed by atoms with Gasteiger partial charge in [0.25, 0.3) is 0 Å². The van der Waals surface area contributed by atoms with Crippen molar-refractivity contribution >= 4 is 11.4 Å². The first-order valence-electron chi connectivity index (χ1n) is 6.68. The van der Waals surface area contributed by atoms with Gasteiger partial charge < -0.3 is 14.8 Å². The molecule has 2 aromatic rings. The van der Waals surface area contributed by atoms with Gasteiger partial charge in [-0.25, -0.2) is 0 Å². The number of hydrogen-bond acceptors (Lipinski definition) is 4. The Morgan fingerprint density at radius 3 is 2.89 bits per heavy atom. The summed E-state index contributed by atoms with van der Waals surface area (Å²) >= 11 is 0. The van der Waals surface area contributed by atoms with E-state index >= 15 is 0 Å². The summed E-state index contributed by atoms with van der Waals surface area (Å²) in [6, 6.07) is 8.45. The molecule has 1 N–H and O–H groups in total. The Labute approximate surface area is 113 Å². The Bertz CT molecular complexity index is 575. The van der Waals surface area contributed by atoms with Gasteiger partial charge in [-0.3, -0.25) is 0 Å². The topological polar surface area (TPSA) is 46.0 Å². The van der Waals surface area contributed by atoms with Crippen LogP contribution in [0.15, 0.2) is 24.3 Å². The van der Waals surface area contributed by atoms with E-state index in [-0.39, 0.29) is 0 Å². The van der Waals surface area contributed by atoms with Crippen molar-refractivity contribution in [3.8, 4) is 0 Å². The monoisotopic (exact) mass is 257 g/mol. The molecule has 0 spiro atoms. The molecule has 2 heterocycles. The van der Waals surface area contributed by atoms with Gasteiger partial charge in [0, 0.05) is 20.1 Å². The molecule has 3 rings (SSSR count). The normalized spacial score (nSPS) is 14.7. The van der Waals surface area contributed by atoms with Crippen LogP contribution in [0, 0.1) is 6.92 Å². The lowest BCUT2D eigenvalue weighted by Crippen LogP contribution is -2.25. The van der Waals surface area contributed by atoms with Gasteiger partial charge in [0.2, 0.25) is 0 Å². The van der Waals surface area contributed by atoms with Gasteiger partial charge in [0.1, 0.15) is 5.82 Å². The van der Waals surface area contributed by atoms with Crippen LogP contribution in [0.5, 0.6) is 0 Å². The number of hydrogen-bond donors (Lipinski definition) is 1. The molecular formula is C14H19N5. The molecule has 0 bridgehead atoms. The average Bonchev–Trinajstić information content (AvgIpc) is 2.65. The van der Waals surface area contributed by atoms with Crippen molar-refractivity contribution < 1.29 is 0 Å². The molecule has 0 fully saturated rings. The van der Waals surface area contributed by atoms with E-state index < -0.39 is 0 Å². The summed E-state index contributed by atoms with van der Waals surface area (Å²) in [7, 11) is 2.02. The second kappa shape index (κ2) is 4.91. The van der Waals surface area contributed by atoms with E-state index in [1.54, 1.807) is 0 Å². The summed E-state index contributed by atoms with van der Waals surface area (Å²) in [5, 5.41) is 11.9. The number of benzene rings is 1. The molecule has 1 aromatic carbocycles. The van der Waals surface area contributed by atoms with E-state index in [1.807, 2.05) is 14.0 Å². The Hall–Kier alpha value is -2.04. The maximum Gasteiger partial charge on any atom is 0.152 e. The molecule has 0 atom stereocenters. The van der Waals surface area contributed by atoms with Crippen LogP contribution < -0.4 is 10.2 Å². The minimum atomic E-state index is 0.802. The highest BCUT2D eigenvalue weighted by Crippen LogP contribution is 2.28. The zero-order chi connectivity index (χ0) is 13.2. The van der Waals surface area contributed by atoms with Crippen LogP contribution >= 0.6 is 0 Å². The van der Waals surface area contributed by atoms with Crippen molar-refractivity contribution in [1.29, 1.82) is 0 Å². The number of aryl methyl sites for hydroxylation is 1. The standard InChI is InChI=1S/C14H19N5/c1-11-16-17-14(18(11)2)10-19-9-5-8-15-12-6-3-4-7-13(12)19/h3-4,6-7,15H,5,8-10H2,1-2H3. The summed E-state index contributed by atoms with van der Waals surface area (Å²) in [6.45, 7) is 4.84. The molecular weight excluding hydrogens is 238 g/mol. The third-order valence-corrected chi connectivity index (χ3v) is 3.68. The number of rotatable bonds is 2. The van der Waals surface area contributed by atoms with Gasteiger partial charge in [0.15, 0.2) is 5.82 Å². The third-order valence-electron chi connectivity index (χ3n) is 3.68. The maximum absolute atomic E-state index is 4.26. The fraction of sp³-hybridized carbons (Fsp3) is 0.429. The van der Waals surface area contributed by atoms with E-state index in [4.69, 9.17) is 0 Å². The highest BCUT2D eigenvalue weighted by Gasteiger charge is 2.17. The molecule has 1 aliphatic heterocycles. The van der Waals surface area contributed by atoms with E-state index in [0.717, 1.165) is 37.7 Å². The summed E-state index contributed by atoms with van der Waals surface area (Å²) in [5.74, 6) is 1.96. The van der Waals surface area contributed by atoms with Gasteiger partial charge in [-0.2, -0.15) is 0 Å². The molecule has 0 aliphatic carbocycles. The molecule has 100 valence electrons. The number of para-hydroxylation sites is 2. The second-order valence-electron chi connectivity index (χ2n) is 4.94. The SMILES string of the molecule is Cc1nnc(CN2CCCNc3ccccc32)n1C. The van der Waals surface area contributed by atoms with Crippen molar-refractivity contribution in [3.63, 3.8) is 0 Å². The molecule has 19 heavy (non-hydrogen) atoms. The number of anilines is 2. The first-order chi connectivity index (χ1) is 9.25. The highest BCUT2D eigenvalue weighted by atomic mass is 15.3. The van der Waals surface area contributed by atoms with Gasteiger partial charge in [-0.15, -0.1) is 10.2 Å². The maximum atomic E-state index is 4.26. The number of fused-ring (bicyclic) bond motifs is 1. The first-order valence-corrected chi connectivity index (χ1v) is 6.68. The highest BCUT2D eigenvalue weighted by molar-refractivity contribution is 5.70. The molecule has 0 saturated heterocycles. The predicted octanol–water partition coefficient (Wildman–Crippen LogP) is 1.95. The van der Waals surface area contributed by atoms with E-state index in [2.05, 4.69) is 49.2 Å². The van der Waals surface area contributed by atoms with Crippen LogP contribution in [0.3, 0.4) is 0 Å². The molecule has 0 radical (unpaired) electrons. The molecule has 1 aliphatic rings. The van der Waals surface area contributed by atoms with E-state index in [0.29, 0.717) is 0 Å². The predicted molar refractivity (Wildman–Crippen MR) is 76.3 cm³/mol. The largest absolute Gasteiger partial charge is 0.383 e. The van der Waals surface area contributed by atoms with Gasteiger partial charge in [-0.1, -0.05) is 12.1 Å².